The van der Waals surface area contributed by atoms with Crippen molar-refractivity contribution in [3.8, 4) is 0 Å². The second-order valence-corrected chi connectivity index (χ2v) is 7.43. The van der Waals surface area contributed by atoms with Crippen LogP contribution in [0.5, 0.6) is 0 Å². The van der Waals surface area contributed by atoms with E-state index < -0.39 is 5.54 Å². The Morgan fingerprint density at radius 1 is 1.38 bits per heavy atom. The Morgan fingerprint density at radius 2 is 2.10 bits per heavy atom. The number of nitrogens with zero attached hydrogens (tertiary/aromatic N) is 1. The van der Waals surface area contributed by atoms with Crippen molar-refractivity contribution in [2.24, 2.45) is 5.92 Å². The summed E-state index contributed by atoms with van der Waals surface area (Å²) in [5.74, 6) is 0.180. The third kappa shape index (κ3) is 2.77. The molecule has 1 unspecified atom stereocenters. The average molecular weight is 419 g/mol. The third-order valence-electron chi connectivity index (χ3n) is 4.25. The van der Waals surface area contributed by atoms with Gasteiger partial charge in [-0.25, -0.2) is 0 Å². The molecule has 1 aliphatic heterocycles. The van der Waals surface area contributed by atoms with Crippen molar-refractivity contribution in [2.75, 3.05) is 11.4 Å². The van der Waals surface area contributed by atoms with Gasteiger partial charge in [0.2, 0.25) is 5.91 Å². The van der Waals surface area contributed by atoms with E-state index in [0.717, 1.165) is 22.1 Å². The van der Waals surface area contributed by atoms with Crippen LogP contribution in [0.15, 0.2) is 18.2 Å². The highest BCUT2D eigenvalue weighted by Crippen LogP contribution is 2.42. The predicted octanol–water partition coefficient (Wildman–Crippen LogP) is 2.97. The number of rotatable bonds is 2. The number of anilines is 1. The summed E-state index contributed by atoms with van der Waals surface area (Å²) in [6.45, 7) is 2.26. The molecule has 2 amide bonds. The molecule has 1 aliphatic carbocycles. The molecular formula is C15H16ClIN2O2. The maximum atomic E-state index is 13.0. The fourth-order valence-corrected chi connectivity index (χ4v) is 4.03. The fourth-order valence-electron chi connectivity index (χ4n) is 2.87. The van der Waals surface area contributed by atoms with Gasteiger partial charge in [0.1, 0.15) is 5.54 Å². The van der Waals surface area contributed by atoms with E-state index in [0.29, 0.717) is 18.0 Å². The van der Waals surface area contributed by atoms with E-state index in [1.165, 1.54) is 0 Å². The Hall–Kier alpha value is -0.820. The van der Waals surface area contributed by atoms with Crippen LogP contribution in [0, 0.1) is 9.49 Å². The van der Waals surface area contributed by atoms with E-state index in [1.807, 2.05) is 19.1 Å². The highest BCUT2D eigenvalue weighted by molar-refractivity contribution is 14.1. The molecule has 112 valence electrons. The molecule has 1 saturated carbocycles. The monoisotopic (exact) mass is 418 g/mol. The molecule has 1 saturated heterocycles. The van der Waals surface area contributed by atoms with E-state index in [4.69, 9.17) is 11.6 Å². The first-order valence-electron chi connectivity index (χ1n) is 7.00. The first-order valence-corrected chi connectivity index (χ1v) is 8.45. The van der Waals surface area contributed by atoms with Gasteiger partial charge >= 0.3 is 0 Å². The molecule has 2 aliphatic rings. The van der Waals surface area contributed by atoms with Gasteiger partial charge in [0.15, 0.2) is 0 Å². The molecule has 1 aromatic carbocycles. The van der Waals surface area contributed by atoms with E-state index >= 15 is 0 Å². The third-order valence-corrected chi connectivity index (χ3v) is 5.34. The normalized spacial score (nSPS) is 26.5. The maximum absolute atomic E-state index is 13.0. The lowest BCUT2D eigenvalue weighted by Gasteiger charge is -2.32. The van der Waals surface area contributed by atoms with Crippen molar-refractivity contribution >= 4 is 51.7 Å². The number of carbonyl (C=O) groups is 2. The smallest absolute Gasteiger partial charge is 0.252 e. The minimum atomic E-state index is -0.781. The van der Waals surface area contributed by atoms with E-state index in [2.05, 4.69) is 27.9 Å². The van der Waals surface area contributed by atoms with Crippen LogP contribution >= 0.6 is 34.2 Å². The number of amides is 2. The van der Waals surface area contributed by atoms with Gasteiger partial charge in [-0.2, -0.15) is 0 Å². The lowest BCUT2D eigenvalue weighted by Crippen LogP contribution is -2.57. The first-order chi connectivity index (χ1) is 9.91. The van der Waals surface area contributed by atoms with Crippen LogP contribution in [0.25, 0.3) is 0 Å². The van der Waals surface area contributed by atoms with Gasteiger partial charge in [-0.05, 0) is 66.5 Å². The zero-order valence-corrected chi connectivity index (χ0v) is 14.6. The molecule has 21 heavy (non-hydrogen) atoms. The summed E-state index contributed by atoms with van der Waals surface area (Å²) in [6, 6.07) is 5.46. The van der Waals surface area contributed by atoms with Crippen LogP contribution in [0.2, 0.25) is 5.02 Å². The molecule has 2 fully saturated rings. The maximum Gasteiger partial charge on any atom is 0.252 e. The average Bonchev–Trinajstić information content (AvgIpc) is 3.24. The Balaban J connectivity index is 2.00. The molecule has 0 radical (unpaired) electrons. The van der Waals surface area contributed by atoms with Crippen LogP contribution in [-0.4, -0.2) is 23.9 Å². The highest BCUT2D eigenvalue weighted by atomic mass is 127. The van der Waals surface area contributed by atoms with Gasteiger partial charge in [0.05, 0.1) is 5.69 Å². The standard InChI is InChI=1S/C15H16ClIN2O2/c1-15(9-2-3-9)14(21)19(7-6-13(20)18-15)12-5-4-10(16)8-11(12)17/h4-5,8-9H,2-3,6-7H2,1H3,(H,18,20). The molecule has 4 nitrogen and oxygen atoms in total. The summed E-state index contributed by atoms with van der Waals surface area (Å²) in [5.41, 5.74) is 0.0458. The van der Waals surface area contributed by atoms with Crippen LogP contribution in [-0.2, 0) is 9.59 Å². The number of hydrogen-bond acceptors (Lipinski definition) is 2. The summed E-state index contributed by atoms with van der Waals surface area (Å²) in [4.78, 5) is 26.7. The van der Waals surface area contributed by atoms with Crippen molar-refractivity contribution in [2.45, 2.75) is 31.7 Å². The minimum absolute atomic E-state index is 0.0175. The van der Waals surface area contributed by atoms with Crippen LogP contribution in [0.4, 0.5) is 5.69 Å². The van der Waals surface area contributed by atoms with Gasteiger partial charge in [-0.15, -0.1) is 0 Å². The van der Waals surface area contributed by atoms with Crippen molar-refractivity contribution in [3.05, 3.63) is 26.8 Å². The van der Waals surface area contributed by atoms with Crippen molar-refractivity contribution in [1.29, 1.82) is 0 Å². The van der Waals surface area contributed by atoms with Crippen molar-refractivity contribution in [1.82, 2.24) is 5.32 Å². The van der Waals surface area contributed by atoms with Gasteiger partial charge in [0, 0.05) is 21.6 Å². The van der Waals surface area contributed by atoms with Crippen molar-refractivity contribution in [3.63, 3.8) is 0 Å². The summed E-state index contributed by atoms with van der Waals surface area (Å²) >= 11 is 8.17. The van der Waals surface area contributed by atoms with Crippen LogP contribution in [0.3, 0.4) is 0 Å². The summed E-state index contributed by atoms with van der Waals surface area (Å²) in [5, 5.41) is 3.58. The fraction of sp³-hybridized carbons (Fsp3) is 0.467. The molecule has 0 bridgehead atoms. The van der Waals surface area contributed by atoms with Crippen molar-refractivity contribution < 1.29 is 9.59 Å². The number of halogens is 2. The Labute approximate surface area is 142 Å². The Morgan fingerprint density at radius 3 is 2.71 bits per heavy atom. The molecular weight excluding hydrogens is 403 g/mol. The summed E-state index contributed by atoms with van der Waals surface area (Å²) in [7, 11) is 0. The topological polar surface area (TPSA) is 49.4 Å². The Kier molecular flexibility index (Phi) is 3.90. The van der Waals surface area contributed by atoms with E-state index in [-0.39, 0.29) is 17.7 Å². The quantitative estimate of drug-likeness (QED) is 0.751. The van der Waals surface area contributed by atoms with Gasteiger partial charge in [-0.1, -0.05) is 11.6 Å². The number of carbonyl (C=O) groups excluding carboxylic acids is 2. The predicted molar refractivity (Wildman–Crippen MR) is 90.4 cm³/mol. The highest BCUT2D eigenvalue weighted by Gasteiger charge is 2.51. The van der Waals surface area contributed by atoms with Gasteiger partial charge in [0.25, 0.3) is 5.91 Å². The SMILES string of the molecule is CC1(C2CC2)NC(=O)CCN(c2ccc(Cl)cc2I)C1=O. The number of nitrogens with one attached hydrogen (secondary N) is 1. The van der Waals surface area contributed by atoms with Gasteiger partial charge in [-0.3, -0.25) is 9.59 Å². The Bertz CT molecular complexity index is 618. The minimum Gasteiger partial charge on any atom is -0.342 e. The largest absolute Gasteiger partial charge is 0.342 e. The number of benzene rings is 1. The number of hydrogen-bond donors (Lipinski definition) is 1. The van der Waals surface area contributed by atoms with Gasteiger partial charge < -0.3 is 10.2 Å². The molecule has 3 rings (SSSR count). The zero-order chi connectivity index (χ0) is 15.2. The van der Waals surface area contributed by atoms with E-state index in [9.17, 15) is 9.59 Å². The summed E-state index contributed by atoms with van der Waals surface area (Å²) < 4.78 is 0.918. The zero-order valence-electron chi connectivity index (χ0n) is 11.7. The molecule has 0 spiro atoms. The lowest BCUT2D eigenvalue weighted by atomic mass is 9.94. The second kappa shape index (κ2) is 5.43. The molecule has 1 atom stereocenters. The summed E-state index contributed by atoms with van der Waals surface area (Å²) in [6.07, 6.45) is 2.31. The molecule has 1 N–H and O–H groups in total. The molecule has 0 aromatic heterocycles. The molecule has 1 heterocycles. The van der Waals surface area contributed by atoms with Crippen LogP contribution in [0.1, 0.15) is 26.2 Å². The van der Waals surface area contributed by atoms with Crippen LogP contribution < -0.4 is 10.2 Å². The molecule has 6 heteroatoms. The lowest BCUT2D eigenvalue weighted by molar-refractivity contribution is -0.130. The molecule has 1 aromatic rings. The first kappa shape index (κ1) is 15.1. The van der Waals surface area contributed by atoms with E-state index in [1.54, 1.807) is 11.0 Å². The second-order valence-electron chi connectivity index (χ2n) is 5.83.